The first kappa shape index (κ1) is 14.9. The number of rotatable bonds is 6. The first-order valence-corrected chi connectivity index (χ1v) is 5.48. The van der Waals surface area contributed by atoms with Gasteiger partial charge in [0.15, 0.2) is 0 Å². The molecule has 0 fully saturated rings. The molecule has 0 unspecified atom stereocenters. The summed E-state index contributed by atoms with van der Waals surface area (Å²) in [5.74, 6) is -2.98. The summed E-state index contributed by atoms with van der Waals surface area (Å²) < 4.78 is 0. The van der Waals surface area contributed by atoms with Crippen molar-refractivity contribution in [3.63, 3.8) is 0 Å². The zero-order chi connectivity index (χ0) is 14.6. The van der Waals surface area contributed by atoms with Crippen molar-refractivity contribution in [2.45, 2.75) is 19.0 Å². The van der Waals surface area contributed by atoms with E-state index in [1.54, 1.807) is 13.0 Å². The molecule has 0 radical (unpaired) electrons. The summed E-state index contributed by atoms with van der Waals surface area (Å²) in [6.45, 7) is 0.953. The number of hydrogen-bond donors (Lipinski definition) is 5. The quantitative estimate of drug-likeness (QED) is 0.486. The normalized spacial score (nSPS) is 13.8. The van der Waals surface area contributed by atoms with Crippen LogP contribution in [0.25, 0.3) is 0 Å². The summed E-state index contributed by atoms with van der Waals surface area (Å²) >= 11 is 0. The topological polar surface area (TPSA) is 127 Å². The van der Waals surface area contributed by atoms with Gasteiger partial charge in [-0.2, -0.15) is 0 Å². The van der Waals surface area contributed by atoms with E-state index in [4.69, 9.17) is 15.3 Å². The van der Waals surface area contributed by atoms with E-state index in [1.807, 2.05) is 0 Å². The Balaban J connectivity index is 3.10. The fourth-order valence-electron chi connectivity index (χ4n) is 1.60. The molecule has 0 amide bonds. The third-order valence-electron chi connectivity index (χ3n) is 2.59. The van der Waals surface area contributed by atoms with Gasteiger partial charge in [-0.05, 0) is 13.0 Å². The van der Waals surface area contributed by atoms with Crippen molar-refractivity contribution in [1.29, 1.82) is 0 Å². The minimum Gasteiger partial charge on any atom is -0.508 e. The summed E-state index contributed by atoms with van der Waals surface area (Å²) in [4.78, 5) is 22.0. The van der Waals surface area contributed by atoms with E-state index in [0.717, 1.165) is 5.56 Å². The summed E-state index contributed by atoms with van der Waals surface area (Å²) in [5.41, 5.74) is 0.768. The molecule has 0 saturated heterocycles. The molecule has 0 aliphatic rings. The maximum atomic E-state index is 11.2. The number of aliphatic hydroxyl groups is 1. The standard InChI is InChI=1S/C12H15NO6/c1-6-2-3-9(15)7(4-6)10(12(18)19)13-8(5-14)11(16)17/h2-4,8,10,13-15H,5H2,1H3,(H,16,17)(H,18,19)/t8-,10+/m1/s1. The Morgan fingerprint density at radius 2 is 1.89 bits per heavy atom. The zero-order valence-corrected chi connectivity index (χ0v) is 10.2. The van der Waals surface area contributed by atoms with Gasteiger partial charge in [0.05, 0.1) is 6.61 Å². The van der Waals surface area contributed by atoms with E-state index in [1.165, 1.54) is 12.1 Å². The van der Waals surface area contributed by atoms with E-state index >= 15 is 0 Å². The third-order valence-corrected chi connectivity index (χ3v) is 2.59. The van der Waals surface area contributed by atoms with Gasteiger partial charge in [0.1, 0.15) is 17.8 Å². The first-order chi connectivity index (χ1) is 8.86. The van der Waals surface area contributed by atoms with Crippen LogP contribution in [0.4, 0.5) is 0 Å². The number of aliphatic hydroxyl groups excluding tert-OH is 1. The highest BCUT2D eigenvalue weighted by atomic mass is 16.4. The van der Waals surface area contributed by atoms with Gasteiger partial charge in [0.25, 0.3) is 0 Å². The Hall–Kier alpha value is -2.12. The molecule has 104 valence electrons. The number of hydrogen-bond acceptors (Lipinski definition) is 5. The summed E-state index contributed by atoms with van der Waals surface area (Å²) in [6.07, 6.45) is 0. The highest BCUT2D eigenvalue weighted by molar-refractivity contribution is 5.79. The number of benzene rings is 1. The van der Waals surface area contributed by atoms with E-state index in [-0.39, 0.29) is 11.3 Å². The molecule has 0 spiro atoms. The molecular weight excluding hydrogens is 254 g/mol. The minimum absolute atomic E-state index is 0.0483. The van der Waals surface area contributed by atoms with Crippen molar-refractivity contribution < 1.29 is 30.0 Å². The Kier molecular flexibility index (Phi) is 4.85. The average Bonchev–Trinajstić information content (AvgIpc) is 2.33. The number of carbonyl (C=O) groups is 2. The third kappa shape index (κ3) is 3.67. The number of aliphatic carboxylic acids is 2. The number of aromatic hydroxyl groups is 1. The molecule has 0 aliphatic heterocycles. The smallest absolute Gasteiger partial charge is 0.325 e. The van der Waals surface area contributed by atoms with Crippen LogP contribution in [0.2, 0.25) is 0 Å². The van der Waals surface area contributed by atoms with Crippen LogP contribution in [0.15, 0.2) is 18.2 Å². The van der Waals surface area contributed by atoms with Gasteiger partial charge in [-0.3, -0.25) is 14.9 Å². The number of carboxylic acid groups (broad SMARTS) is 2. The highest BCUT2D eigenvalue weighted by Gasteiger charge is 2.28. The zero-order valence-electron chi connectivity index (χ0n) is 10.2. The van der Waals surface area contributed by atoms with Crippen LogP contribution >= 0.6 is 0 Å². The lowest BCUT2D eigenvalue weighted by atomic mass is 10.0. The number of nitrogens with one attached hydrogen (secondary N) is 1. The van der Waals surface area contributed by atoms with E-state index in [9.17, 15) is 14.7 Å². The molecule has 0 aromatic heterocycles. The van der Waals surface area contributed by atoms with Crippen molar-refractivity contribution in [3.05, 3.63) is 29.3 Å². The Morgan fingerprint density at radius 3 is 2.37 bits per heavy atom. The summed E-state index contributed by atoms with van der Waals surface area (Å²) in [6, 6.07) is 1.52. The molecule has 7 heteroatoms. The second-order valence-electron chi connectivity index (χ2n) is 4.07. The Morgan fingerprint density at radius 1 is 1.26 bits per heavy atom. The van der Waals surface area contributed by atoms with Crippen LogP contribution in [0.3, 0.4) is 0 Å². The fourth-order valence-corrected chi connectivity index (χ4v) is 1.60. The molecule has 0 saturated carbocycles. The van der Waals surface area contributed by atoms with Crippen LogP contribution in [0.1, 0.15) is 17.2 Å². The number of phenolic OH excluding ortho intramolecular Hbond substituents is 1. The number of aryl methyl sites for hydroxylation is 1. The average molecular weight is 269 g/mol. The van der Waals surface area contributed by atoms with E-state index in [0.29, 0.717) is 0 Å². The van der Waals surface area contributed by atoms with Crippen LogP contribution in [0.5, 0.6) is 5.75 Å². The number of phenols is 1. The largest absolute Gasteiger partial charge is 0.508 e. The molecule has 1 aromatic carbocycles. The lowest BCUT2D eigenvalue weighted by molar-refractivity contribution is -0.143. The molecule has 2 atom stereocenters. The first-order valence-electron chi connectivity index (χ1n) is 5.48. The second-order valence-corrected chi connectivity index (χ2v) is 4.07. The monoisotopic (exact) mass is 269 g/mol. The molecule has 5 N–H and O–H groups in total. The maximum Gasteiger partial charge on any atom is 0.325 e. The Bertz CT molecular complexity index is 487. The van der Waals surface area contributed by atoms with Crippen molar-refractivity contribution in [1.82, 2.24) is 5.32 Å². The van der Waals surface area contributed by atoms with Crippen molar-refractivity contribution in [3.8, 4) is 5.75 Å². The van der Waals surface area contributed by atoms with E-state index in [2.05, 4.69) is 5.32 Å². The molecule has 19 heavy (non-hydrogen) atoms. The van der Waals surface area contributed by atoms with Crippen molar-refractivity contribution in [2.24, 2.45) is 0 Å². The summed E-state index contributed by atoms with van der Waals surface area (Å²) in [5, 5.41) is 38.8. The van der Waals surface area contributed by atoms with Gasteiger partial charge in [-0.25, -0.2) is 0 Å². The summed E-state index contributed by atoms with van der Waals surface area (Å²) in [7, 11) is 0. The maximum absolute atomic E-state index is 11.2. The molecule has 1 rings (SSSR count). The van der Waals surface area contributed by atoms with Gasteiger partial charge in [0, 0.05) is 5.56 Å². The van der Waals surface area contributed by atoms with Crippen LogP contribution < -0.4 is 5.32 Å². The molecule has 7 nitrogen and oxygen atoms in total. The molecule has 0 bridgehead atoms. The number of carboxylic acids is 2. The van der Waals surface area contributed by atoms with Crippen LogP contribution in [-0.2, 0) is 9.59 Å². The molecule has 0 heterocycles. The SMILES string of the molecule is Cc1ccc(O)c([C@H](N[C@H](CO)C(=O)O)C(=O)O)c1. The van der Waals surface area contributed by atoms with Gasteiger partial charge in [-0.15, -0.1) is 0 Å². The molecule has 1 aromatic rings. The second kappa shape index (κ2) is 6.17. The fraction of sp³-hybridized carbons (Fsp3) is 0.333. The predicted molar refractivity (Wildman–Crippen MR) is 64.9 cm³/mol. The molecular formula is C12H15NO6. The molecule has 0 aliphatic carbocycles. The van der Waals surface area contributed by atoms with Gasteiger partial charge < -0.3 is 20.4 Å². The van der Waals surface area contributed by atoms with Crippen molar-refractivity contribution >= 4 is 11.9 Å². The minimum atomic E-state index is -1.43. The Labute approximate surface area is 109 Å². The van der Waals surface area contributed by atoms with Gasteiger partial charge in [0.2, 0.25) is 0 Å². The van der Waals surface area contributed by atoms with E-state index < -0.39 is 30.6 Å². The highest BCUT2D eigenvalue weighted by Crippen LogP contribution is 2.25. The van der Waals surface area contributed by atoms with Crippen LogP contribution in [-0.4, -0.2) is 45.0 Å². The van der Waals surface area contributed by atoms with Gasteiger partial charge in [-0.1, -0.05) is 17.7 Å². The van der Waals surface area contributed by atoms with Crippen molar-refractivity contribution in [2.75, 3.05) is 6.61 Å². The predicted octanol–water partition coefficient (Wildman–Crippen LogP) is -0.139. The lowest BCUT2D eigenvalue weighted by Gasteiger charge is -2.20. The van der Waals surface area contributed by atoms with Gasteiger partial charge >= 0.3 is 11.9 Å². The van der Waals surface area contributed by atoms with Crippen LogP contribution in [0, 0.1) is 6.92 Å². The lowest BCUT2D eigenvalue weighted by Crippen LogP contribution is -2.44.